The molecule has 2 bridgehead atoms. The first kappa shape index (κ1) is 15.7. The summed E-state index contributed by atoms with van der Waals surface area (Å²) in [7, 11) is 0. The number of esters is 1. The number of likely N-dealkylation sites (tertiary alicyclic amines) is 1. The monoisotopic (exact) mass is 365 g/mol. The van der Waals surface area contributed by atoms with Crippen LogP contribution in [-0.4, -0.2) is 29.2 Å². The summed E-state index contributed by atoms with van der Waals surface area (Å²) >= 11 is 11.7. The Labute approximate surface area is 148 Å². The van der Waals surface area contributed by atoms with Gasteiger partial charge in [0.15, 0.2) is 0 Å². The number of fused-ring (bicyclic) bond motifs is 5. The van der Waals surface area contributed by atoms with Gasteiger partial charge < -0.3 is 4.74 Å². The van der Waals surface area contributed by atoms with Crippen LogP contribution >= 0.6 is 23.2 Å². The summed E-state index contributed by atoms with van der Waals surface area (Å²) in [6, 6.07) is 4.46. The van der Waals surface area contributed by atoms with E-state index in [2.05, 4.69) is 0 Å². The molecule has 4 rings (SSSR count). The van der Waals surface area contributed by atoms with E-state index in [1.54, 1.807) is 0 Å². The number of imide groups is 1. The highest BCUT2D eigenvalue weighted by Crippen LogP contribution is 2.52. The number of nitrogens with zero attached hydrogens (tertiary/aromatic N) is 1. The predicted molar refractivity (Wildman–Crippen MR) is 86.5 cm³/mol. The van der Waals surface area contributed by atoms with Crippen LogP contribution in [0.15, 0.2) is 30.4 Å². The third-order valence-electron chi connectivity index (χ3n) is 4.97. The molecule has 1 aromatic rings. The molecule has 3 aliphatic rings. The van der Waals surface area contributed by atoms with E-state index in [1.807, 2.05) is 12.2 Å². The molecule has 1 aliphatic heterocycles. The molecule has 1 aromatic carbocycles. The number of ether oxygens (including phenoxy) is 1. The topological polar surface area (TPSA) is 63.7 Å². The molecular formula is C17H13Cl2NO4. The zero-order valence-electron chi connectivity index (χ0n) is 12.4. The third kappa shape index (κ3) is 2.34. The van der Waals surface area contributed by atoms with E-state index >= 15 is 0 Å². The number of amides is 2. The quantitative estimate of drug-likeness (QED) is 0.357. The lowest BCUT2D eigenvalue weighted by atomic mass is 9.85. The van der Waals surface area contributed by atoms with Gasteiger partial charge in [-0.05, 0) is 36.5 Å². The lowest BCUT2D eigenvalue weighted by molar-refractivity contribution is -0.148. The first-order valence-electron chi connectivity index (χ1n) is 7.65. The van der Waals surface area contributed by atoms with Crippen LogP contribution in [0.1, 0.15) is 6.42 Å². The number of allylic oxidation sites excluding steroid dienone is 2. The van der Waals surface area contributed by atoms with Crippen molar-refractivity contribution in [1.82, 2.24) is 4.90 Å². The van der Waals surface area contributed by atoms with Crippen LogP contribution in [0.2, 0.25) is 10.0 Å². The van der Waals surface area contributed by atoms with Crippen molar-refractivity contribution in [2.75, 3.05) is 6.54 Å². The van der Waals surface area contributed by atoms with E-state index in [9.17, 15) is 14.4 Å². The molecule has 4 unspecified atom stereocenters. The first-order valence-corrected chi connectivity index (χ1v) is 8.40. The molecule has 5 nitrogen and oxygen atoms in total. The van der Waals surface area contributed by atoms with Gasteiger partial charge in [-0.1, -0.05) is 35.4 Å². The van der Waals surface area contributed by atoms with Crippen molar-refractivity contribution in [2.24, 2.45) is 23.7 Å². The van der Waals surface area contributed by atoms with Gasteiger partial charge >= 0.3 is 5.97 Å². The first-order chi connectivity index (χ1) is 11.5. The van der Waals surface area contributed by atoms with Crippen LogP contribution < -0.4 is 4.74 Å². The summed E-state index contributed by atoms with van der Waals surface area (Å²) in [6.07, 6.45) is 4.87. The van der Waals surface area contributed by atoms with Crippen molar-refractivity contribution in [1.29, 1.82) is 0 Å². The molecule has 2 aliphatic carbocycles. The fraction of sp³-hybridized carbons (Fsp3) is 0.353. The maximum Gasteiger partial charge on any atom is 0.331 e. The normalized spacial score (nSPS) is 30.2. The molecule has 0 spiro atoms. The number of carbonyl (C=O) groups is 3. The summed E-state index contributed by atoms with van der Waals surface area (Å²) in [6.45, 7) is -0.400. The zero-order chi connectivity index (χ0) is 17.0. The second-order valence-corrected chi connectivity index (χ2v) is 7.15. The molecule has 2 amide bonds. The summed E-state index contributed by atoms with van der Waals surface area (Å²) < 4.78 is 5.16. The summed E-state index contributed by atoms with van der Waals surface area (Å²) in [5, 5.41) is 0.606. The highest BCUT2D eigenvalue weighted by molar-refractivity contribution is 6.35. The van der Waals surface area contributed by atoms with Crippen LogP contribution in [0.4, 0.5) is 0 Å². The summed E-state index contributed by atoms with van der Waals surface area (Å²) in [5.41, 5.74) is 0. The molecule has 0 aromatic heterocycles. The SMILES string of the molecule is O=C(CN1C(=O)C2C3C=CC(C3)C2C1=O)Oc1ccc(Cl)cc1Cl. The molecule has 2 fully saturated rings. The van der Waals surface area contributed by atoms with Crippen LogP contribution in [0.5, 0.6) is 5.75 Å². The molecule has 0 N–H and O–H groups in total. The van der Waals surface area contributed by atoms with Crippen molar-refractivity contribution in [3.05, 3.63) is 40.4 Å². The molecule has 0 radical (unpaired) electrons. The smallest absolute Gasteiger partial charge is 0.331 e. The number of hydrogen-bond acceptors (Lipinski definition) is 4. The predicted octanol–water partition coefficient (Wildman–Crippen LogP) is 2.71. The van der Waals surface area contributed by atoms with Crippen molar-refractivity contribution >= 4 is 41.0 Å². The minimum Gasteiger partial charge on any atom is -0.424 e. The lowest BCUT2D eigenvalue weighted by Gasteiger charge is -2.16. The maximum absolute atomic E-state index is 12.5. The van der Waals surface area contributed by atoms with Gasteiger partial charge in [0.1, 0.15) is 12.3 Å². The van der Waals surface area contributed by atoms with Crippen LogP contribution in [0.3, 0.4) is 0 Å². The molecule has 7 heteroatoms. The standard InChI is InChI=1S/C17H13Cl2NO4/c18-10-3-4-12(11(19)6-10)24-13(21)7-20-16(22)14-8-1-2-9(5-8)15(14)17(20)23/h1-4,6,8-9,14-15H,5,7H2. The Kier molecular flexibility index (Phi) is 3.66. The minimum absolute atomic E-state index is 0.114. The lowest BCUT2D eigenvalue weighted by Crippen LogP contribution is -2.38. The van der Waals surface area contributed by atoms with Crippen molar-refractivity contribution in [2.45, 2.75) is 6.42 Å². The van der Waals surface area contributed by atoms with E-state index in [0.717, 1.165) is 11.3 Å². The molecular weight excluding hydrogens is 353 g/mol. The Morgan fingerprint density at radius 3 is 2.33 bits per heavy atom. The Morgan fingerprint density at radius 1 is 1.12 bits per heavy atom. The van der Waals surface area contributed by atoms with E-state index in [-0.39, 0.29) is 46.3 Å². The van der Waals surface area contributed by atoms with E-state index in [0.29, 0.717) is 5.02 Å². The Balaban J connectivity index is 1.47. The van der Waals surface area contributed by atoms with Crippen molar-refractivity contribution in [3.8, 4) is 5.75 Å². The molecule has 4 atom stereocenters. The molecule has 124 valence electrons. The van der Waals surface area contributed by atoms with Gasteiger partial charge in [-0.25, -0.2) is 4.79 Å². The minimum atomic E-state index is -0.707. The van der Waals surface area contributed by atoms with Gasteiger partial charge in [-0.3, -0.25) is 14.5 Å². The fourth-order valence-corrected chi connectivity index (χ4v) is 4.41. The van der Waals surface area contributed by atoms with E-state index < -0.39 is 12.5 Å². The second kappa shape index (κ2) is 5.60. The molecule has 1 saturated heterocycles. The van der Waals surface area contributed by atoms with E-state index in [4.69, 9.17) is 27.9 Å². The molecule has 24 heavy (non-hydrogen) atoms. The van der Waals surface area contributed by atoms with Gasteiger partial charge in [0.2, 0.25) is 11.8 Å². The van der Waals surface area contributed by atoms with Crippen LogP contribution in [-0.2, 0) is 14.4 Å². The number of carbonyl (C=O) groups excluding carboxylic acids is 3. The van der Waals surface area contributed by atoms with Gasteiger partial charge in [0.25, 0.3) is 0 Å². The van der Waals surface area contributed by atoms with Crippen LogP contribution in [0.25, 0.3) is 0 Å². The number of halogens is 2. The Morgan fingerprint density at radius 2 is 1.75 bits per heavy atom. The number of hydrogen-bond donors (Lipinski definition) is 0. The Bertz CT molecular complexity index is 761. The summed E-state index contributed by atoms with van der Waals surface area (Å²) in [5.74, 6) is -1.53. The maximum atomic E-state index is 12.5. The van der Waals surface area contributed by atoms with Gasteiger partial charge in [0.05, 0.1) is 16.9 Å². The van der Waals surface area contributed by atoms with Crippen molar-refractivity contribution in [3.63, 3.8) is 0 Å². The largest absolute Gasteiger partial charge is 0.424 e. The van der Waals surface area contributed by atoms with Crippen LogP contribution in [0, 0.1) is 23.7 Å². The molecule has 1 saturated carbocycles. The summed E-state index contributed by atoms with van der Waals surface area (Å²) in [4.78, 5) is 38.2. The average molecular weight is 366 g/mol. The highest BCUT2D eigenvalue weighted by Gasteiger charge is 2.59. The average Bonchev–Trinajstić information content (AvgIpc) is 3.20. The Hall–Kier alpha value is -1.85. The number of benzene rings is 1. The molecule has 1 heterocycles. The second-order valence-electron chi connectivity index (χ2n) is 6.31. The van der Waals surface area contributed by atoms with Gasteiger partial charge in [-0.15, -0.1) is 0 Å². The number of rotatable bonds is 3. The highest BCUT2D eigenvalue weighted by atomic mass is 35.5. The third-order valence-corrected chi connectivity index (χ3v) is 5.50. The zero-order valence-corrected chi connectivity index (χ0v) is 14.0. The van der Waals surface area contributed by atoms with Crippen molar-refractivity contribution < 1.29 is 19.1 Å². The van der Waals surface area contributed by atoms with E-state index in [1.165, 1.54) is 18.2 Å². The van der Waals surface area contributed by atoms with Gasteiger partial charge in [-0.2, -0.15) is 0 Å². The fourth-order valence-electron chi connectivity index (χ4n) is 3.96. The van der Waals surface area contributed by atoms with Gasteiger partial charge in [0, 0.05) is 5.02 Å².